The smallest absolute Gasteiger partial charge is 0.329 e. The van der Waals surface area contributed by atoms with E-state index in [-0.39, 0.29) is 11.8 Å². The number of carbonyl (C=O) groups is 2. The number of aromatic hydroxyl groups is 1. The van der Waals surface area contributed by atoms with Gasteiger partial charge in [0.1, 0.15) is 5.75 Å². The molecule has 3 N–H and O–H groups in total. The lowest BCUT2D eigenvalue weighted by Gasteiger charge is -2.13. The summed E-state index contributed by atoms with van der Waals surface area (Å²) in [4.78, 5) is 23.5. The Balaban J connectivity index is 1.85. The molecular formula is C17H17N3O3. The lowest BCUT2D eigenvalue weighted by Crippen LogP contribution is -2.39. The van der Waals surface area contributed by atoms with Gasteiger partial charge >= 0.3 is 11.8 Å². The van der Waals surface area contributed by atoms with Gasteiger partial charge in [-0.1, -0.05) is 30.3 Å². The Morgan fingerprint density at radius 3 is 2.35 bits per heavy atom. The van der Waals surface area contributed by atoms with E-state index < -0.39 is 11.8 Å². The summed E-state index contributed by atoms with van der Waals surface area (Å²) in [5, 5.41) is 15.5. The van der Waals surface area contributed by atoms with Crippen molar-refractivity contribution < 1.29 is 14.7 Å². The molecule has 2 aromatic rings. The van der Waals surface area contributed by atoms with Gasteiger partial charge < -0.3 is 10.4 Å². The summed E-state index contributed by atoms with van der Waals surface area (Å²) in [6.45, 7) is 1.79. The number of phenols is 1. The first kappa shape index (κ1) is 16.2. The number of benzene rings is 2. The van der Waals surface area contributed by atoms with Crippen LogP contribution in [0.25, 0.3) is 0 Å². The average molecular weight is 311 g/mol. The van der Waals surface area contributed by atoms with E-state index in [9.17, 15) is 9.59 Å². The van der Waals surface area contributed by atoms with E-state index in [1.54, 1.807) is 19.1 Å². The van der Waals surface area contributed by atoms with E-state index >= 15 is 0 Å². The predicted molar refractivity (Wildman–Crippen MR) is 86.8 cm³/mol. The highest BCUT2D eigenvalue weighted by Gasteiger charge is 2.16. The van der Waals surface area contributed by atoms with Crippen LogP contribution in [0.15, 0.2) is 59.7 Å². The fraction of sp³-hybridized carbons (Fsp3) is 0.118. The molecule has 0 aromatic heterocycles. The number of phenolic OH excluding ortho intramolecular Hbond substituents is 1. The maximum Gasteiger partial charge on any atom is 0.329 e. The Hall–Kier alpha value is -3.15. The Kier molecular flexibility index (Phi) is 5.46. The molecule has 2 rings (SSSR count). The molecule has 118 valence electrons. The van der Waals surface area contributed by atoms with Gasteiger partial charge in [0.25, 0.3) is 0 Å². The number of hydrazone groups is 1. The number of hydrogen-bond acceptors (Lipinski definition) is 4. The van der Waals surface area contributed by atoms with Crippen molar-refractivity contribution in [2.24, 2.45) is 5.10 Å². The van der Waals surface area contributed by atoms with E-state index in [2.05, 4.69) is 15.8 Å². The van der Waals surface area contributed by atoms with Crippen molar-refractivity contribution in [1.82, 2.24) is 10.7 Å². The molecular weight excluding hydrogens is 294 g/mol. The van der Waals surface area contributed by atoms with Crippen LogP contribution in [0.2, 0.25) is 0 Å². The monoisotopic (exact) mass is 311 g/mol. The molecule has 0 fully saturated rings. The lowest BCUT2D eigenvalue weighted by molar-refractivity contribution is -0.139. The lowest BCUT2D eigenvalue weighted by atomic mass is 10.1. The fourth-order valence-electron chi connectivity index (χ4n) is 1.86. The molecule has 1 atom stereocenters. The minimum atomic E-state index is -0.845. The van der Waals surface area contributed by atoms with Gasteiger partial charge in [0.15, 0.2) is 0 Å². The summed E-state index contributed by atoms with van der Waals surface area (Å²) in [7, 11) is 0. The van der Waals surface area contributed by atoms with Gasteiger partial charge in [-0.25, -0.2) is 5.43 Å². The summed E-state index contributed by atoms with van der Waals surface area (Å²) in [5.41, 5.74) is 3.74. The van der Waals surface area contributed by atoms with Crippen LogP contribution in [0, 0.1) is 0 Å². The van der Waals surface area contributed by atoms with Crippen molar-refractivity contribution in [2.45, 2.75) is 13.0 Å². The largest absolute Gasteiger partial charge is 0.508 e. The number of rotatable bonds is 4. The molecule has 0 spiro atoms. The molecule has 0 aliphatic heterocycles. The van der Waals surface area contributed by atoms with E-state index in [1.165, 1.54) is 18.3 Å². The van der Waals surface area contributed by atoms with Crippen LogP contribution in [-0.2, 0) is 9.59 Å². The summed E-state index contributed by atoms with van der Waals surface area (Å²) in [6, 6.07) is 15.3. The molecule has 6 heteroatoms. The van der Waals surface area contributed by atoms with E-state index in [4.69, 9.17) is 5.11 Å². The zero-order chi connectivity index (χ0) is 16.7. The van der Waals surface area contributed by atoms with Gasteiger partial charge in [-0.2, -0.15) is 5.10 Å². The quantitative estimate of drug-likeness (QED) is 0.456. The Labute approximate surface area is 133 Å². The Morgan fingerprint density at radius 2 is 1.70 bits per heavy atom. The Bertz CT molecular complexity index is 697. The first-order valence-corrected chi connectivity index (χ1v) is 7.04. The van der Waals surface area contributed by atoms with E-state index in [0.29, 0.717) is 5.56 Å². The van der Waals surface area contributed by atoms with Crippen LogP contribution in [0.3, 0.4) is 0 Å². The van der Waals surface area contributed by atoms with Crippen molar-refractivity contribution in [1.29, 1.82) is 0 Å². The molecule has 0 heterocycles. The van der Waals surface area contributed by atoms with Gasteiger partial charge in [0, 0.05) is 0 Å². The summed E-state index contributed by atoms with van der Waals surface area (Å²) >= 11 is 0. The van der Waals surface area contributed by atoms with Gasteiger partial charge in [-0.15, -0.1) is 0 Å². The van der Waals surface area contributed by atoms with Gasteiger partial charge in [0.2, 0.25) is 0 Å². The van der Waals surface area contributed by atoms with E-state index in [1.807, 2.05) is 30.3 Å². The highest BCUT2D eigenvalue weighted by Crippen LogP contribution is 2.10. The molecule has 0 aliphatic carbocycles. The third kappa shape index (κ3) is 4.96. The second-order valence-corrected chi connectivity index (χ2v) is 4.90. The van der Waals surface area contributed by atoms with Crippen molar-refractivity contribution in [3.8, 4) is 5.75 Å². The first-order valence-electron chi connectivity index (χ1n) is 7.04. The molecule has 0 saturated carbocycles. The minimum absolute atomic E-state index is 0.139. The highest BCUT2D eigenvalue weighted by atomic mass is 16.3. The fourth-order valence-corrected chi connectivity index (χ4v) is 1.86. The summed E-state index contributed by atoms with van der Waals surface area (Å²) in [6.07, 6.45) is 1.38. The number of amides is 2. The van der Waals surface area contributed by atoms with Crippen LogP contribution in [0.1, 0.15) is 24.1 Å². The summed E-state index contributed by atoms with van der Waals surface area (Å²) < 4.78 is 0. The van der Waals surface area contributed by atoms with Crippen LogP contribution in [0.4, 0.5) is 0 Å². The molecule has 2 aromatic carbocycles. The molecule has 0 radical (unpaired) electrons. The molecule has 2 amide bonds. The standard InChI is InChI=1S/C17H17N3O3/c1-12(14-5-3-2-4-6-14)19-16(22)17(23)20-18-11-13-7-9-15(21)10-8-13/h2-12,21H,1H3,(H,19,22)(H,20,23)/b18-11+/t12-/m1/s1. The zero-order valence-electron chi connectivity index (χ0n) is 12.6. The molecule has 0 bridgehead atoms. The van der Waals surface area contributed by atoms with Crippen molar-refractivity contribution in [3.63, 3.8) is 0 Å². The zero-order valence-corrected chi connectivity index (χ0v) is 12.6. The van der Waals surface area contributed by atoms with Gasteiger partial charge in [-0.05, 0) is 42.3 Å². The SMILES string of the molecule is C[C@@H](NC(=O)C(=O)N/N=C/c1ccc(O)cc1)c1ccccc1. The average Bonchev–Trinajstić information content (AvgIpc) is 2.57. The van der Waals surface area contributed by atoms with Crippen molar-refractivity contribution in [3.05, 3.63) is 65.7 Å². The minimum Gasteiger partial charge on any atom is -0.508 e. The topological polar surface area (TPSA) is 90.8 Å². The maximum absolute atomic E-state index is 11.8. The first-order chi connectivity index (χ1) is 11.1. The third-order valence-corrected chi connectivity index (χ3v) is 3.13. The van der Waals surface area contributed by atoms with Gasteiger partial charge in [0.05, 0.1) is 12.3 Å². The van der Waals surface area contributed by atoms with Crippen molar-refractivity contribution in [2.75, 3.05) is 0 Å². The van der Waals surface area contributed by atoms with Gasteiger partial charge in [-0.3, -0.25) is 9.59 Å². The normalized spacial score (nSPS) is 11.9. The molecule has 0 saturated heterocycles. The van der Waals surface area contributed by atoms with Crippen LogP contribution >= 0.6 is 0 Å². The number of carbonyl (C=O) groups excluding carboxylic acids is 2. The van der Waals surface area contributed by atoms with Crippen LogP contribution in [0.5, 0.6) is 5.75 Å². The van der Waals surface area contributed by atoms with Crippen LogP contribution in [-0.4, -0.2) is 23.1 Å². The number of nitrogens with zero attached hydrogens (tertiary/aromatic N) is 1. The third-order valence-electron chi connectivity index (χ3n) is 3.13. The predicted octanol–water partition coefficient (Wildman–Crippen LogP) is 1.72. The molecule has 0 aliphatic rings. The summed E-state index contributed by atoms with van der Waals surface area (Å²) in [5.74, 6) is -1.47. The Morgan fingerprint density at radius 1 is 1.04 bits per heavy atom. The maximum atomic E-state index is 11.8. The second kappa shape index (κ2) is 7.74. The van der Waals surface area contributed by atoms with E-state index in [0.717, 1.165) is 5.56 Å². The second-order valence-electron chi connectivity index (χ2n) is 4.90. The molecule has 6 nitrogen and oxygen atoms in total. The number of hydrogen-bond donors (Lipinski definition) is 3. The number of nitrogens with one attached hydrogen (secondary N) is 2. The highest BCUT2D eigenvalue weighted by molar-refractivity contribution is 6.35. The van der Waals surface area contributed by atoms with Crippen molar-refractivity contribution >= 4 is 18.0 Å². The molecule has 23 heavy (non-hydrogen) atoms. The molecule has 0 unspecified atom stereocenters. The van der Waals surface area contributed by atoms with Crippen LogP contribution < -0.4 is 10.7 Å².